The van der Waals surface area contributed by atoms with Gasteiger partial charge in [0.2, 0.25) is 0 Å². The van der Waals surface area contributed by atoms with Gasteiger partial charge in [-0.2, -0.15) is 0 Å². The highest BCUT2D eigenvalue weighted by atomic mass is 32.1. The molecule has 3 nitrogen and oxygen atoms in total. The van der Waals surface area contributed by atoms with Gasteiger partial charge in [-0.05, 0) is 26.0 Å². The summed E-state index contributed by atoms with van der Waals surface area (Å²) >= 11 is 1.50. The SMILES string of the molecule is COc1ccc(C)cc1-c1nc(C)sc1N. The first-order chi connectivity index (χ1) is 7.61. The van der Waals surface area contributed by atoms with Crippen LogP contribution in [0.4, 0.5) is 5.00 Å². The number of rotatable bonds is 2. The van der Waals surface area contributed by atoms with Gasteiger partial charge in [-0.25, -0.2) is 4.98 Å². The number of thiazole rings is 1. The maximum absolute atomic E-state index is 5.95. The van der Waals surface area contributed by atoms with Crippen LogP contribution in [-0.4, -0.2) is 12.1 Å². The number of aryl methyl sites for hydroxylation is 2. The number of nitrogens with two attached hydrogens (primary N) is 1. The van der Waals surface area contributed by atoms with E-state index in [1.165, 1.54) is 16.9 Å². The third-order valence-corrected chi connectivity index (χ3v) is 3.17. The monoisotopic (exact) mass is 234 g/mol. The lowest BCUT2D eigenvalue weighted by Gasteiger charge is -2.07. The lowest BCUT2D eigenvalue weighted by molar-refractivity contribution is 0.416. The number of benzene rings is 1. The molecular weight excluding hydrogens is 220 g/mol. The maximum atomic E-state index is 5.95. The van der Waals surface area contributed by atoms with Gasteiger partial charge in [0.05, 0.1) is 12.1 Å². The quantitative estimate of drug-likeness (QED) is 0.869. The van der Waals surface area contributed by atoms with Crippen LogP contribution in [0.25, 0.3) is 11.3 Å². The summed E-state index contributed by atoms with van der Waals surface area (Å²) in [6.45, 7) is 3.99. The van der Waals surface area contributed by atoms with Crippen molar-refractivity contribution in [2.75, 3.05) is 12.8 Å². The van der Waals surface area contributed by atoms with Crippen molar-refractivity contribution in [1.29, 1.82) is 0 Å². The molecule has 1 heterocycles. The largest absolute Gasteiger partial charge is 0.496 e. The zero-order valence-electron chi connectivity index (χ0n) is 9.57. The highest BCUT2D eigenvalue weighted by Gasteiger charge is 2.13. The van der Waals surface area contributed by atoms with E-state index >= 15 is 0 Å². The minimum atomic E-state index is 0.737. The summed E-state index contributed by atoms with van der Waals surface area (Å²) in [5.41, 5.74) is 8.90. The number of nitrogens with zero attached hydrogens (tertiary/aromatic N) is 1. The lowest BCUT2D eigenvalue weighted by atomic mass is 10.1. The maximum Gasteiger partial charge on any atom is 0.128 e. The normalized spacial score (nSPS) is 10.4. The van der Waals surface area contributed by atoms with E-state index in [1.807, 2.05) is 32.0 Å². The molecule has 0 aliphatic rings. The van der Waals surface area contributed by atoms with Crippen LogP contribution in [0.5, 0.6) is 5.75 Å². The number of hydrogen-bond acceptors (Lipinski definition) is 4. The van der Waals surface area contributed by atoms with Crippen molar-refractivity contribution in [2.45, 2.75) is 13.8 Å². The highest BCUT2D eigenvalue weighted by Crippen LogP contribution is 2.36. The second-order valence-electron chi connectivity index (χ2n) is 3.65. The Hall–Kier alpha value is -1.55. The van der Waals surface area contributed by atoms with Crippen molar-refractivity contribution in [2.24, 2.45) is 0 Å². The summed E-state index contributed by atoms with van der Waals surface area (Å²) in [5, 5.41) is 1.71. The summed E-state index contributed by atoms with van der Waals surface area (Å²) < 4.78 is 5.33. The van der Waals surface area contributed by atoms with Gasteiger partial charge in [0, 0.05) is 5.56 Å². The topological polar surface area (TPSA) is 48.1 Å². The van der Waals surface area contributed by atoms with Gasteiger partial charge < -0.3 is 10.5 Å². The predicted octanol–water partition coefficient (Wildman–Crippen LogP) is 3.02. The molecule has 4 heteroatoms. The standard InChI is InChI=1S/C12H14N2OS/c1-7-4-5-10(15-3)9(6-7)11-12(13)16-8(2)14-11/h4-6H,13H2,1-3H3. The molecule has 0 atom stereocenters. The molecule has 0 amide bonds. The fraction of sp³-hybridized carbons (Fsp3) is 0.250. The molecule has 2 N–H and O–H groups in total. The van der Waals surface area contributed by atoms with E-state index in [0.29, 0.717) is 0 Å². The van der Waals surface area contributed by atoms with Gasteiger partial charge in [-0.3, -0.25) is 0 Å². The van der Waals surface area contributed by atoms with Crippen LogP contribution < -0.4 is 10.5 Å². The van der Waals surface area contributed by atoms with Crippen molar-refractivity contribution in [3.8, 4) is 17.0 Å². The molecule has 16 heavy (non-hydrogen) atoms. The second-order valence-corrected chi connectivity index (χ2v) is 4.88. The lowest BCUT2D eigenvalue weighted by Crippen LogP contribution is -1.92. The molecule has 2 aromatic rings. The van der Waals surface area contributed by atoms with Crippen molar-refractivity contribution >= 4 is 16.3 Å². The average Bonchev–Trinajstić information content (AvgIpc) is 2.57. The minimum Gasteiger partial charge on any atom is -0.496 e. The Morgan fingerprint density at radius 3 is 2.62 bits per heavy atom. The van der Waals surface area contributed by atoms with Crippen LogP contribution >= 0.6 is 11.3 Å². The molecular formula is C12H14N2OS. The summed E-state index contributed by atoms with van der Waals surface area (Å²) in [4.78, 5) is 4.44. The number of methoxy groups -OCH3 is 1. The zero-order valence-corrected chi connectivity index (χ0v) is 10.4. The Balaban J connectivity index is 2.62. The first-order valence-corrected chi connectivity index (χ1v) is 5.81. The molecule has 0 unspecified atom stereocenters. The molecule has 0 aliphatic heterocycles. The van der Waals surface area contributed by atoms with Gasteiger partial charge in [-0.15, -0.1) is 11.3 Å². The smallest absolute Gasteiger partial charge is 0.128 e. The van der Waals surface area contributed by atoms with Gasteiger partial charge >= 0.3 is 0 Å². The molecule has 0 aliphatic carbocycles. The van der Waals surface area contributed by atoms with Crippen molar-refractivity contribution in [1.82, 2.24) is 4.98 Å². The number of anilines is 1. The Bertz CT molecular complexity index is 520. The predicted molar refractivity (Wildman–Crippen MR) is 68.0 cm³/mol. The van der Waals surface area contributed by atoms with Crippen molar-refractivity contribution < 1.29 is 4.74 Å². The van der Waals surface area contributed by atoms with Crippen LogP contribution in [0.3, 0.4) is 0 Å². The van der Waals surface area contributed by atoms with E-state index in [9.17, 15) is 0 Å². The summed E-state index contributed by atoms with van der Waals surface area (Å²) in [7, 11) is 1.66. The Morgan fingerprint density at radius 1 is 1.31 bits per heavy atom. The molecule has 0 saturated carbocycles. The minimum absolute atomic E-state index is 0.737. The Labute approximate surface area is 98.9 Å². The Morgan fingerprint density at radius 2 is 2.06 bits per heavy atom. The van der Waals surface area contributed by atoms with Gasteiger partial charge in [0.1, 0.15) is 16.4 Å². The second kappa shape index (κ2) is 4.14. The average molecular weight is 234 g/mol. The molecule has 0 spiro atoms. The highest BCUT2D eigenvalue weighted by molar-refractivity contribution is 7.16. The van der Waals surface area contributed by atoms with E-state index < -0.39 is 0 Å². The third-order valence-electron chi connectivity index (χ3n) is 2.37. The van der Waals surface area contributed by atoms with E-state index in [1.54, 1.807) is 7.11 Å². The van der Waals surface area contributed by atoms with Crippen LogP contribution in [0.2, 0.25) is 0 Å². The third kappa shape index (κ3) is 1.88. The fourth-order valence-corrected chi connectivity index (χ4v) is 2.35. The Kier molecular flexibility index (Phi) is 2.83. The van der Waals surface area contributed by atoms with Crippen molar-refractivity contribution in [3.63, 3.8) is 0 Å². The van der Waals surface area contributed by atoms with E-state index in [0.717, 1.165) is 27.0 Å². The summed E-state index contributed by atoms with van der Waals surface area (Å²) in [6, 6.07) is 6.00. The van der Waals surface area contributed by atoms with Crippen LogP contribution in [0, 0.1) is 13.8 Å². The van der Waals surface area contributed by atoms with Gasteiger partial charge in [0.15, 0.2) is 0 Å². The molecule has 0 saturated heterocycles. The number of aromatic nitrogens is 1. The number of nitrogen functional groups attached to an aromatic ring is 1. The summed E-state index contributed by atoms with van der Waals surface area (Å²) in [5.74, 6) is 0.808. The molecule has 0 radical (unpaired) electrons. The number of ether oxygens (including phenoxy) is 1. The molecule has 84 valence electrons. The molecule has 0 fully saturated rings. The zero-order chi connectivity index (χ0) is 11.7. The van der Waals surface area contributed by atoms with E-state index in [2.05, 4.69) is 4.98 Å². The molecule has 1 aromatic carbocycles. The molecule has 2 rings (SSSR count). The van der Waals surface area contributed by atoms with Crippen molar-refractivity contribution in [3.05, 3.63) is 28.8 Å². The fourth-order valence-electron chi connectivity index (χ4n) is 1.64. The van der Waals surface area contributed by atoms with E-state index in [-0.39, 0.29) is 0 Å². The first kappa shape index (κ1) is 11.0. The van der Waals surface area contributed by atoms with Crippen LogP contribution in [0.1, 0.15) is 10.6 Å². The van der Waals surface area contributed by atoms with Crippen LogP contribution in [-0.2, 0) is 0 Å². The number of hydrogen-bond donors (Lipinski definition) is 1. The molecule has 1 aromatic heterocycles. The van der Waals surface area contributed by atoms with Gasteiger partial charge in [0.25, 0.3) is 0 Å². The van der Waals surface area contributed by atoms with Crippen LogP contribution in [0.15, 0.2) is 18.2 Å². The molecule has 0 bridgehead atoms. The van der Waals surface area contributed by atoms with E-state index in [4.69, 9.17) is 10.5 Å². The van der Waals surface area contributed by atoms with Gasteiger partial charge in [-0.1, -0.05) is 11.6 Å². The summed E-state index contributed by atoms with van der Waals surface area (Å²) in [6.07, 6.45) is 0. The first-order valence-electron chi connectivity index (χ1n) is 4.99.